The van der Waals surface area contributed by atoms with Gasteiger partial charge in [0.05, 0.1) is 12.3 Å². The summed E-state index contributed by atoms with van der Waals surface area (Å²) in [6.07, 6.45) is 8.97. The molecule has 0 bridgehead atoms. The van der Waals surface area contributed by atoms with Crippen LogP contribution in [0.1, 0.15) is 94.7 Å². The van der Waals surface area contributed by atoms with Crippen molar-refractivity contribution in [2.24, 2.45) is 0 Å². The van der Waals surface area contributed by atoms with Crippen molar-refractivity contribution in [3.05, 3.63) is 58.7 Å². The van der Waals surface area contributed by atoms with E-state index < -0.39 is 0 Å². The maximum atomic E-state index is 13.5. The highest BCUT2D eigenvalue weighted by molar-refractivity contribution is 5.80. The summed E-state index contributed by atoms with van der Waals surface area (Å²) in [5.74, 6) is 0.189. The van der Waals surface area contributed by atoms with Crippen LogP contribution < -0.4 is 0 Å². The number of pyridine rings is 1. The third kappa shape index (κ3) is 5.29. The van der Waals surface area contributed by atoms with Gasteiger partial charge in [0.25, 0.3) is 0 Å². The van der Waals surface area contributed by atoms with Crippen LogP contribution in [0.3, 0.4) is 0 Å². The number of halogens is 1. The Morgan fingerprint density at radius 3 is 2.18 bits per heavy atom. The highest BCUT2D eigenvalue weighted by Crippen LogP contribution is 2.37. The van der Waals surface area contributed by atoms with E-state index in [0.717, 1.165) is 40.1 Å². The van der Waals surface area contributed by atoms with E-state index in [1.54, 1.807) is 12.1 Å². The van der Waals surface area contributed by atoms with Crippen molar-refractivity contribution in [3.63, 3.8) is 0 Å². The van der Waals surface area contributed by atoms with Gasteiger partial charge >= 0.3 is 0 Å². The van der Waals surface area contributed by atoms with Crippen LogP contribution in [-0.4, -0.2) is 10.1 Å². The highest BCUT2D eigenvalue weighted by Gasteiger charge is 2.22. The lowest BCUT2D eigenvalue weighted by Gasteiger charge is -2.22. The monoisotopic (exact) mass is 383 g/mol. The second-order valence-corrected chi connectivity index (χ2v) is 8.02. The van der Waals surface area contributed by atoms with Gasteiger partial charge in [-0.3, -0.25) is 4.98 Å². The molecule has 1 N–H and O–H groups in total. The molecule has 1 heterocycles. The fourth-order valence-corrected chi connectivity index (χ4v) is 3.58. The Kier molecular flexibility index (Phi) is 8.37. The van der Waals surface area contributed by atoms with Crippen molar-refractivity contribution in [1.29, 1.82) is 0 Å². The van der Waals surface area contributed by atoms with Crippen molar-refractivity contribution in [2.75, 3.05) is 0 Å². The predicted molar refractivity (Wildman–Crippen MR) is 117 cm³/mol. The van der Waals surface area contributed by atoms with Crippen molar-refractivity contribution in [2.45, 2.75) is 78.7 Å². The molecule has 0 atom stereocenters. The predicted octanol–water partition coefficient (Wildman–Crippen LogP) is 7.22. The van der Waals surface area contributed by atoms with E-state index in [4.69, 9.17) is 4.98 Å². The molecule has 2 aromatic rings. The zero-order chi connectivity index (χ0) is 20.7. The standard InChI is InChI=1S/C25H34FNO/c1-6-7-8-9-10-11-21-23(19-12-14-20(26)15-13-19)22(16-28)25(18(4)5)27-24(21)17(2)3/h10-15,17-18,28H,6-9,16H2,1-5H3. The molecule has 152 valence electrons. The minimum absolute atomic E-state index is 0.0811. The third-order valence-corrected chi connectivity index (χ3v) is 5.04. The summed E-state index contributed by atoms with van der Waals surface area (Å²) in [6, 6.07) is 6.56. The molecule has 0 aliphatic heterocycles. The summed E-state index contributed by atoms with van der Waals surface area (Å²) in [5.41, 5.74) is 5.76. The third-order valence-electron chi connectivity index (χ3n) is 5.04. The maximum Gasteiger partial charge on any atom is 0.123 e. The van der Waals surface area contributed by atoms with Crippen LogP contribution >= 0.6 is 0 Å². The van der Waals surface area contributed by atoms with Crippen LogP contribution in [0, 0.1) is 5.82 Å². The number of aromatic nitrogens is 1. The molecule has 0 aliphatic rings. The van der Waals surface area contributed by atoms with Crippen molar-refractivity contribution >= 4 is 6.08 Å². The Morgan fingerprint density at radius 2 is 1.64 bits per heavy atom. The van der Waals surface area contributed by atoms with E-state index in [-0.39, 0.29) is 24.3 Å². The number of aliphatic hydroxyl groups is 1. The maximum absolute atomic E-state index is 13.5. The molecule has 28 heavy (non-hydrogen) atoms. The smallest absolute Gasteiger partial charge is 0.123 e. The normalized spacial score (nSPS) is 11.9. The summed E-state index contributed by atoms with van der Waals surface area (Å²) in [6.45, 7) is 10.6. The molecular formula is C25H34FNO. The molecule has 0 saturated carbocycles. The van der Waals surface area contributed by atoms with E-state index >= 15 is 0 Å². The molecule has 1 aromatic heterocycles. The quantitative estimate of drug-likeness (QED) is 0.464. The van der Waals surface area contributed by atoms with E-state index in [1.165, 1.54) is 31.4 Å². The first-order chi connectivity index (χ1) is 13.4. The van der Waals surface area contributed by atoms with Crippen molar-refractivity contribution in [3.8, 4) is 11.1 Å². The van der Waals surface area contributed by atoms with E-state index in [9.17, 15) is 9.50 Å². The molecule has 3 heteroatoms. The number of allylic oxidation sites excluding steroid dienone is 1. The number of rotatable bonds is 9. The molecule has 1 aromatic carbocycles. The lowest BCUT2D eigenvalue weighted by Crippen LogP contribution is -2.10. The van der Waals surface area contributed by atoms with Gasteiger partial charge in [0.2, 0.25) is 0 Å². The molecule has 0 saturated heterocycles. The Bertz CT molecular complexity index is 791. The summed E-state index contributed by atoms with van der Waals surface area (Å²) in [5, 5.41) is 10.2. The van der Waals surface area contributed by atoms with Gasteiger partial charge in [0, 0.05) is 16.8 Å². The molecule has 2 rings (SSSR count). The number of unbranched alkanes of at least 4 members (excludes halogenated alkanes) is 3. The minimum atomic E-state index is -0.256. The lowest BCUT2D eigenvalue weighted by atomic mass is 9.87. The van der Waals surface area contributed by atoms with Crippen LogP contribution in [0.15, 0.2) is 30.3 Å². The van der Waals surface area contributed by atoms with E-state index in [1.807, 2.05) is 0 Å². The first-order valence-corrected chi connectivity index (χ1v) is 10.5. The number of nitrogens with zero attached hydrogens (tertiary/aromatic N) is 1. The average Bonchev–Trinajstić information content (AvgIpc) is 2.67. The fourth-order valence-electron chi connectivity index (χ4n) is 3.58. The van der Waals surface area contributed by atoms with Gasteiger partial charge in [-0.15, -0.1) is 0 Å². The Labute approximate surface area is 169 Å². The number of aliphatic hydroxyl groups excluding tert-OH is 1. The van der Waals surface area contributed by atoms with Crippen molar-refractivity contribution in [1.82, 2.24) is 4.98 Å². The second-order valence-electron chi connectivity index (χ2n) is 8.02. The summed E-state index contributed by atoms with van der Waals surface area (Å²) in [7, 11) is 0. The van der Waals surface area contributed by atoms with Gasteiger partial charge in [-0.1, -0.05) is 71.7 Å². The molecule has 0 amide bonds. The molecule has 0 radical (unpaired) electrons. The van der Waals surface area contributed by atoms with Crippen LogP contribution in [0.2, 0.25) is 0 Å². The van der Waals surface area contributed by atoms with Gasteiger partial charge in [0.15, 0.2) is 0 Å². The zero-order valence-electron chi connectivity index (χ0n) is 17.9. The van der Waals surface area contributed by atoms with Gasteiger partial charge in [0.1, 0.15) is 5.82 Å². The lowest BCUT2D eigenvalue weighted by molar-refractivity contribution is 0.280. The molecule has 0 spiro atoms. The molecule has 0 aliphatic carbocycles. The Balaban J connectivity index is 2.72. The highest BCUT2D eigenvalue weighted by atomic mass is 19.1. The first kappa shape index (κ1) is 22.3. The second kappa shape index (κ2) is 10.5. The summed E-state index contributed by atoms with van der Waals surface area (Å²) < 4.78 is 13.5. The number of hydrogen-bond donors (Lipinski definition) is 1. The largest absolute Gasteiger partial charge is 0.392 e. The SMILES string of the molecule is CCCCCC=Cc1c(C(C)C)nc(C(C)C)c(CO)c1-c1ccc(F)cc1. The number of hydrogen-bond acceptors (Lipinski definition) is 2. The zero-order valence-corrected chi connectivity index (χ0v) is 17.9. The minimum Gasteiger partial charge on any atom is -0.392 e. The Hall–Kier alpha value is -2.00. The van der Waals surface area contributed by atoms with E-state index in [2.05, 4.69) is 46.8 Å². The summed E-state index contributed by atoms with van der Waals surface area (Å²) in [4.78, 5) is 4.98. The average molecular weight is 384 g/mol. The van der Waals surface area contributed by atoms with Gasteiger partial charge in [-0.05, 0) is 47.9 Å². The first-order valence-electron chi connectivity index (χ1n) is 10.5. The molecular weight excluding hydrogens is 349 g/mol. The topological polar surface area (TPSA) is 33.1 Å². The molecule has 2 nitrogen and oxygen atoms in total. The van der Waals surface area contributed by atoms with Crippen LogP contribution in [-0.2, 0) is 6.61 Å². The Morgan fingerprint density at radius 1 is 1.00 bits per heavy atom. The summed E-state index contributed by atoms with van der Waals surface area (Å²) >= 11 is 0. The molecule has 0 unspecified atom stereocenters. The number of benzene rings is 1. The van der Waals surface area contributed by atoms with Gasteiger partial charge < -0.3 is 5.11 Å². The van der Waals surface area contributed by atoms with Gasteiger partial charge in [-0.2, -0.15) is 0 Å². The van der Waals surface area contributed by atoms with Crippen LogP contribution in [0.4, 0.5) is 4.39 Å². The van der Waals surface area contributed by atoms with Crippen molar-refractivity contribution < 1.29 is 9.50 Å². The van der Waals surface area contributed by atoms with Crippen LogP contribution in [0.25, 0.3) is 17.2 Å². The van der Waals surface area contributed by atoms with Crippen LogP contribution in [0.5, 0.6) is 0 Å². The molecule has 0 fully saturated rings. The van der Waals surface area contributed by atoms with Gasteiger partial charge in [-0.25, -0.2) is 4.39 Å². The van der Waals surface area contributed by atoms with E-state index in [0.29, 0.717) is 0 Å². The fraction of sp³-hybridized carbons (Fsp3) is 0.480.